The number of aryl methyl sites for hydroxylation is 1. The molecule has 0 saturated carbocycles. The van der Waals surface area contributed by atoms with Crippen molar-refractivity contribution in [3.05, 3.63) is 71.0 Å². The Bertz CT molecular complexity index is 1340. The number of rotatable bonds is 7. The summed E-state index contributed by atoms with van der Waals surface area (Å²) in [5.41, 5.74) is 1.72. The molecule has 2 aromatic carbocycles. The van der Waals surface area contributed by atoms with Gasteiger partial charge in [-0.3, -0.25) is 0 Å². The van der Waals surface area contributed by atoms with Gasteiger partial charge in [-0.15, -0.1) is 15.3 Å². The molecule has 2 aromatic heterocycles. The van der Waals surface area contributed by atoms with Crippen molar-refractivity contribution in [2.24, 2.45) is 0 Å². The second-order valence-electron chi connectivity index (χ2n) is 6.63. The van der Waals surface area contributed by atoms with E-state index in [1.54, 1.807) is 43.3 Å². The van der Waals surface area contributed by atoms with E-state index in [-0.39, 0.29) is 29.7 Å². The lowest BCUT2D eigenvalue weighted by Gasteiger charge is -2.10. The van der Waals surface area contributed by atoms with Gasteiger partial charge in [-0.1, -0.05) is 17.7 Å². The maximum absolute atomic E-state index is 13.2. The number of nitrogens with zero attached hydrogens (tertiary/aromatic N) is 4. The van der Waals surface area contributed by atoms with Crippen molar-refractivity contribution in [2.75, 3.05) is 13.2 Å². The van der Waals surface area contributed by atoms with E-state index in [4.69, 9.17) is 16.3 Å². The zero-order chi connectivity index (χ0) is 22.0. The van der Waals surface area contributed by atoms with Gasteiger partial charge < -0.3 is 4.74 Å². The van der Waals surface area contributed by atoms with Crippen molar-refractivity contribution in [3.63, 3.8) is 0 Å². The summed E-state index contributed by atoms with van der Waals surface area (Å²) in [5, 5.41) is 12.8. The average molecular weight is 462 g/mol. The first-order chi connectivity index (χ1) is 14.8. The first kappa shape index (κ1) is 21.2. The Labute approximate surface area is 182 Å². The van der Waals surface area contributed by atoms with Crippen LogP contribution in [0.2, 0.25) is 5.02 Å². The van der Waals surface area contributed by atoms with Gasteiger partial charge in [0.15, 0.2) is 11.5 Å². The lowest BCUT2D eigenvalue weighted by molar-refractivity contribution is 0.306. The topological polar surface area (TPSA) is 98.5 Å². The number of benzene rings is 2. The molecule has 0 aliphatic carbocycles. The molecule has 1 N–H and O–H groups in total. The third-order valence-electron chi connectivity index (χ3n) is 4.42. The molecular formula is C20H17ClFN5O3S. The molecule has 160 valence electrons. The molecule has 8 nitrogen and oxygen atoms in total. The Kier molecular flexibility index (Phi) is 5.86. The van der Waals surface area contributed by atoms with Crippen LogP contribution < -0.4 is 9.46 Å². The largest absolute Gasteiger partial charge is 0.475 e. The monoisotopic (exact) mass is 461 g/mol. The van der Waals surface area contributed by atoms with E-state index in [0.717, 1.165) is 0 Å². The second kappa shape index (κ2) is 8.58. The number of hydrogen-bond donors (Lipinski definition) is 1. The van der Waals surface area contributed by atoms with Gasteiger partial charge in [0, 0.05) is 23.2 Å². The maximum atomic E-state index is 13.2. The quantitative estimate of drug-likeness (QED) is 0.424. The first-order valence-electron chi connectivity index (χ1n) is 9.20. The summed E-state index contributed by atoms with van der Waals surface area (Å²) in [4.78, 5) is 0.118. The number of ether oxygens (including phenoxy) is 1. The fourth-order valence-electron chi connectivity index (χ4n) is 2.90. The molecular weight excluding hydrogens is 445 g/mol. The van der Waals surface area contributed by atoms with E-state index < -0.39 is 10.0 Å². The fourth-order valence-corrected chi connectivity index (χ4v) is 4.42. The van der Waals surface area contributed by atoms with Gasteiger partial charge >= 0.3 is 0 Å². The van der Waals surface area contributed by atoms with Crippen molar-refractivity contribution in [3.8, 4) is 17.3 Å². The lowest BCUT2D eigenvalue weighted by atomic mass is 10.2. The molecule has 0 saturated heterocycles. The van der Waals surface area contributed by atoms with Crippen LogP contribution in [0, 0.1) is 12.7 Å². The summed E-state index contributed by atoms with van der Waals surface area (Å²) in [7, 11) is -3.73. The molecule has 0 bridgehead atoms. The first-order valence-corrected chi connectivity index (χ1v) is 11.1. The zero-order valence-corrected chi connectivity index (χ0v) is 17.9. The van der Waals surface area contributed by atoms with E-state index in [0.29, 0.717) is 27.6 Å². The van der Waals surface area contributed by atoms with Gasteiger partial charge in [0.1, 0.15) is 12.4 Å². The van der Waals surface area contributed by atoms with Crippen molar-refractivity contribution < 1.29 is 17.5 Å². The molecule has 0 unspecified atom stereocenters. The van der Waals surface area contributed by atoms with Crippen LogP contribution >= 0.6 is 11.6 Å². The second-order valence-corrected chi connectivity index (χ2v) is 8.80. The number of nitrogens with one attached hydrogen (secondary N) is 1. The molecule has 0 aliphatic rings. The Morgan fingerprint density at radius 3 is 2.65 bits per heavy atom. The van der Waals surface area contributed by atoms with Crippen molar-refractivity contribution in [2.45, 2.75) is 11.8 Å². The Morgan fingerprint density at radius 2 is 1.87 bits per heavy atom. The predicted octanol–water partition coefficient (Wildman–Crippen LogP) is 3.25. The highest BCUT2D eigenvalue weighted by Crippen LogP contribution is 2.21. The smallest absolute Gasteiger partial charge is 0.240 e. The molecule has 0 fully saturated rings. The Balaban J connectivity index is 1.44. The SMILES string of the molecule is Cc1ccc(Cl)cc1S(=O)(=O)NCCOc1ccc2nnc(-c3ccc(F)cc3)n2n1. The third-order valence-corrected chi connectivity index (χ3v) is 6.26. The van der Waals surface area contributed by atoms with Crippen molar-refractivity contribution >= 4 is 27.3 Å². The van der Waals surface area contributed by atoms with E-state index >= 15 is 0 Å². The molecule has 0 atom stereocenters. The molecule has 11 heteroatoms. The maximum Gasteiger partial charge on any atom is 0.240 e. The van der Waals surface area contributed by atoms with Crippen LogP contribution in [0.25, 0.3) is 17.0 Å². The summed E-state index contributed by atoms with van der Waals surface area (Å²) in [6, 6.07) is 13.8. The molecule has 2 heterocycles. The van der Waals surface area contributed by atoms with Crippen LogP contribution in [-0.2, 0) is 10.0 Å². The summed E-state index contributed by atoms with van der Waals surface area (Å²) in [6.45, 7) is 1.77. The standard InChI is InChI=1S/C20H17ClFN5O3S/c1-13-2-5-15(21)12-17(13)31(28,29)23-10-11-30-19-9-8-18-24-25-20(27(18)26-19)14-3-6-16(22)7-4-14/h2-9,12,23H,10-11H2,1H3. The van der Waals surface area contributed by atoms with Gasteiger partial charge in [-0.05, 0) is 55.0 Å². The van der Waals surface area contributed by atoms with Crippen LogP contribution in [-0.4, -0.2) is 41.4 Å². The van der Waals surface area contributed by atoms with Crippen LogP contribution in [0.1, 0.15) is 5.56 Å². The van der Waals surface area contributed by atoms with Gasteiger partial charge in [-0.2, -0.15) is 4.52 Å². The summed E-state index contributed by atoms with van der Waals surface area (Å²) in [5.74, 6) is 0.330. The number of halogens is 2. The zero-order valence-electron chi connectivity index (χ0n) is 16.3. The van der Waals surface area contributed by atoms with Crippen molar-refractivity contribution in [1.29, 1.82) is 0 Å². The molecule has 0 spiro atoms. The minimum absolute atomic E-state index is 0.0288. The normalized spacial score (nSPS) is 11.7. The number of fused-ring (bicyclic) bond motifs is 1. The van der Waals surface area contributed by atoms with E-state index in [1.807, 2.05) is 0 Å². The number of aromatic nitrogens is 4. The van der Waals surface area contributed by atoms with Crippen LogP contribution in [0.3, 0.4) is 0 Å². The predicted molar refractivity (Wildman–Crippen MR) is 113 cm³/mol. The highest BCUT2D eigenvalue weighted by Gasteiger charge is 2.17. The Hall–Kier alpha value is -3.08. The molecule has 0 amide bonds. The van der Waals surface area contributed by atoms with Gasteiger partial charge in [0.2, 0.25) is 15.9 Å². The average Bonchev–Trinajstić information content (AvgIpc) is 3.17. The molecule has 4 aromatic rings. The third kappa shape index (κ3) is 4.66. The highest BCUT2D eigenvalue weighted by atomic mass is 35.5. The molecule has 0 radical (unpaired) electrons. The molecule has 0 aliphatic heterocycles. The lowest BCUT2D eigenvalue weighted by Crippen LogP contribution is -2.29. The summed E-state index contributed by atoms with van der Waals surface area (Å²) < 4.78 is 47.7. The molecule has 4 rings (SSSR count). The van der Waals surface area contributed by atoms with E-state index in [1.165, 1.54) is 22.7 Å². The minimum Gasteiger partial charge on any atom is -0.475 e. The highest BCUT2D eigenvalue weighted by molar-refractivity contribution is 7.89. The van der Waals surface area contributed by atoms with E-state index in [2.05, 4.69) is 20.0 Å². The van der Waals surface area contributed by atoms with Gasteiger partial charge in [0.05, 0.1) is 4.90 Å². The Morgan fingerprint density at radius 1 is 1.10 bits per heavy atom. The van der Waals surface area contributed by atoms with E-state index in [9.17, 15) is 12.8 Å². The summed E-state index contributed by atoms with van der Waals surface area (Å²) >= 11 is 5.91. The molecule has 31 heavy (non-hydrogen) atoms. The van der Waals surface area contributed by atoms with Crippen LogP contribution in [0.4, 0.5) is 4.39 Å². The van der Waals surface area contributed by atoms with Gasteiger partial charge in [-0.25, -0.2) is 17.5 Å². The summed E-state index contributed by atoms with van der Waals surface area (Å²) in [6.07, 6.45) is 0. The number of hydrogen-bond acceptors (Lipinski definition) is 6. The fraction of sp³-hybridized carbons (Fsp3) is 0.150. The van der Waals surface area contributed by atoms with Crippen LogP contribution in [0.5, 0.6) is 5.88 Å². The van der Waals surface area contributed by atoms with Crippen LogP contribution in [0.15, 0.2) is 59.5 Å². The number of sulfonamides is 1. The van der Waals surface area contributed by atoms with Gasteiger partial charge in [0.25, 0.3) is 0 Å². The van der Waals surface area contributed by atoms with Crippen molar-refractivity contribution in [1.82, 2.24) is 24.5 Å². The minimum atomic E-state index is -3.73.